The molecule has 1 aromatic carbocycles. The molecule has 0 aliphatic carbocycles. The molecule has 0 aromatic heterocycles. The van der Waals surface area contributed by atoms with Crippen molar-refractivity contribution in [2.24, 2.45) is 5.73 Å². The molecule has 1 saturated heterocycles. The first-order valence-electron chi connectivity index (χ1n) is 12.3. The molecule has 1 aliphatic rings. The quantitative estimate of drug-likeness (QED) is 0.179. The van der Waals surface area contributed by atoms with Gasteiger partial charge in [-0.3, -0.25) is 14.4 Å². The highest BCUT2D eigenvalue weighted by molar-refractivity contribution is 5.68. The van der Waals surface area contributed by atoms with Gasteiger partial charge >= 0.3 is 30.1 Å². The third-order valence-corrected chi connectivity index (χ3v) is 5.14. The second-order valence-corrected chi connectivity index (χ2v) is 8.37. The van der Waals surface area contributed by atoms with Gasteiger partial charge in [0.2, 0.25) is 0 Å². The number of amides is 2. The van der Waals surface area contributed by atoms with E-state index < -0.39 is 67.4 Å². The van der Waals surface area contributed by atoms with Crippen molar-refractivity contribution in [3.63, 3.8) is 0 Å². The minimum absolute atomic E-state index is 0.0245. The molecule has 2 rings (SSSR count). The van der Waals surface area contributed by atoms with Crippen LogP contribution in [-0.2, 0) is 58.9 Å². The summed E-state index contributed by atoms with van der Waals surface area (Å²) in [6.07, 6.45) is -8.57. The number of rotatable bonds is 14. The monoisotopic (exact) mass is 570 g/mol. The van der Waals surface area contributed by atoms with E-state index in [-0.39, 0.29) is 33.0 Å². The molecule has 0 spiro atoms. The lowest BCUT2D eigenvalue weighted by atomic mass is 9.98. The van der Waals surface area contributed by atoms with Crippen LogP contribution in [0.5, 0.6) is 0 Å². The van der Waals surface area contributed by atoms with Gasteiger partial charge in [0.25, 0.3) is 0 Å². The van der Waals surface area contributed by atoms with E-state index in [4.69, 9.17) is 43.6 Å². The molecule has 3 N–H and O–H groups in total. The van der Waals surface area contributed by atoms with Crippen molar-refractivity contribution in [1.29, 1.82) is 0 Å². The van der Waals surface area contributed by atoms with Gasteiger partial charge in [-0.1, -0.05) is 30.3 Å². The Morgan fingerprint density at radius 3 is 2.12 bits per heavy atom. The SMILES string of the molecule is CC(=O)OC[C@H]1O[C@H](OCCOCCNC(=O)OCc2ccccc2)[C@@H](OC(C)=O)[C@@H](OC(N)=O)[C@@H]1OC(C)=O. The minimum atomic E-state index is -1.45. The van der Waals surface area contributed by atoms with Crippen molar-refractivity contribution in [2.75, 3.05) is 33.0 Å². The zero-order valence-electron chi connectivity index (χ0n) is 22.4. The smallest absolute Gasteiger partial charge is 0.407 e. The Kier molecular flexibility index (Phi) is 13.6. The fourth-order valence-electron chi connectivity index (χ4n) is 3.59. The lowest BCUT2D eigenvalue weighted by Crippen LogP contribution is -2.63. The van der Waals surface area contributed by atoms with Crippen molar-refractivity contribution in [3.8, 4) is 0 Å². The fourth-order valence-corrected chi connectivity index (χ4v) is 3.59. The van der Waals surface area contributed by atoms with E-state index in [2.05, 4.69) is 5.32 Å². The van der Waals surface area contributed by atoms with E-state index in [1.807, 2.05) is 30.3 Å². The largest absolute Gasteiger partial charge is 0.463 e. The van der Waals surface area contributed by atoms with Gasteiger partial charge in [-0.25, -0.2) is 9.59 Å². The van der Waals surface area contributed by atoms with Crippen LogP contribution >= 0.6 is 0 Å². The molecular weight excluding hydrogens is 536 g/mol. The minimum Gasteiger partial charge on any atom is -0.463 e. The third-order valence-electron chi connectivity index (χ3n) is 5.14. The Hall–Kier alpha value is -3.95. The van der Waals surface area contributed by atoms with Gasteiger partial charge in [-0.15, -0.1) is 0 Å². The summed E-state index contributed by atoms with van der Waals surface area (Å²) in [5, 5.41) is 2.54. The highest BCUT2D eigenvalue weighted by Crippen LogP contribution is 2.29. The maximum absolute atomic E-state index is 11.8. The topological polar surface area (TPSA) is 197 Å². The van der Waals surface area contributed by atoms with Crippen LogP contribution in [0.3, 0.4) is 0 Å². The Morgan fingerprint density at radius 1 is 0.825 bits per heavy atom. The van der Waals surface area contributed by atoms with Gasteiger partial charge in [-0.05, 0) is 5.56 Å². The number of carbonyl (C=O) groups excluding carboxylic acids is 5. The number of nitrogens with two attached hydrogens (primary N) is 1. The average molecular weight is 571 g/mol. The highest BCUT2D eigenvalue weighted by atomic mass is 16.7. The van der Waals surface area contributed by atoms with Crippen LogP contribution in [0.2, 0.25) is 0 Å². The van der Waals surface area contributed by atoms with Crippen molar-refractivity contribution in [1.82, 2.24) is 5.32 Å². The van der Waals surface area contributed by atoms with Gasteiger partial charge in [-0.2, -0.15) is 0 Å². The van der Waals surface area contributed by atoms with Gasteiger partial charge in [0.1, 0.15) is 19.3 Å². The summed E-state index contributed by atoms with van der Waals surface area (Å²) < 4.78 is 42.6. The number of nitrogens with one attached hydrogen (secondary N) is 1. The summed E-state index contributed by atoms with van der Waals surface area (Å²) in [5.74, 6) is -2.20. The molecule has 2 amide bonds. The summed E-state index contributed by atoms with van der Waals surface area (Å²) in [6, 6.07) is 9.19. The first-order valence-corrected chi connectivity index (χ1v) is 12.3. The number of primary amides is 1. The normalized spacial score (nSPS) is 21.9. The first kappa shape index (κ1) is 32.3. The molecule has 5 atom stereocenters. The number of alkyl carbamates (subject to hydrolysis) is 1. The number of esters is 3. The summed E-state index contributed by atoms with van der Waals surface area (Å²) >= 11 is 0. The van der Waals surface area contributed by atoms with E-state index >= 15 is 0 Å². The van der Waals surface area contributed by atoms with Crippen molar-refractivity contribution in [3.05, 3.63) is 35.9 Å². The van der Waals surface area contributed by atoms with Gasteiger partial charge in [0.05, 0.1) is 19.8 Å². The molecule has 222 valence electrons. The Labute approximate surface area is 230 Å². The zero-order chi connectivity index (χ0) is 29.5. The molecule has 1 aliphatic heterocycles. The van der Waals surface area contributed by atoms with E-state index in [0.29, 0.717) is 0 Å². The Morgan fingerprint density at radius 2 is 1.50 bits per heavy atom. The Balaban J connectivity index is 1.91. The van der Waals surface area contributed by atoms with Crippen LogP contribution in [0.4, 0.5) is 9.59 Å². The molecule has 0 bridgehead atoms. The first-order chi connectivity index (χ1) is 19.1. The molecule has 1 aromatic rings. The second-order valence-electron chi connectivity index (χ2n) is 8.37. The van der Waals surface area contributed by atoms with Crippen molar-refractivity contribution in [2.45, 2.75) is 58.1 Å². The third kappa shape index (κ3) is 11.8. The molecule has 0 saturated carbocycles. The van der Waals surface area contributed by atoms with Gasteiger partial charge < -0.3 is 48.9 Å². The van der Waals surface area contributed by atoms with E-state index in [1.165, 1.54) is 0 Å². The summed E-state index contributed by atoms with van der Waals surface area (Å²) in [6.45, 7) is 3.30. The van der Waals surface area contributed by atoms with Gasteiger partial charge in [0.15, 0.2) is 24.6 Å². The molecule has 15 nitrogen and oxygen atoms in total. The van der Waals surface area contributed by atoms with E-state index in [0.717, 1.165) is 26.3 Å². The molecule has 40 heavy (non-hydrogen) atoms. The van der Waals surface area contributed by atoms with Crippen LogP contribution in [0.1, 0.15) is 26.3 Å². The van der Waals surface area contributed by atoms with Crippen LogP contribution in [0, 0.1) is 0 Å². The summed E-state index contributed by atoms with van der Waals surface area (Å²) in [4.78, 5) is 58.3. The number of hydrogen-bond donors (Lipinski definition) is 2. The maximum atomic E-state index is 11.8. The van der Waals surface area contributed by atoms with Crippen LogP contribution < -0.4 is 11.1 Å². The standard InChI is InChI=1S/C25H34N2O13/c1-15(28)35-14-19-20(37-16(2)29)21(40-24(26)31)22(38-17(3)30)23(39-19)34-12-11-33-10-9-27-25(32)36-13-18-7-5-4-6-8-18/h4-8,19-23H,9-14H2,1-3H3,(H2,26,31)(H,27,32)/t19-,20-,21+,22+,23+/m1/s1. The predicted octanol–water partition coefficient (Wildman–Crippen LogP) is 0.561. The maximum Gasteiger partial charge on any atom is 0.407 e. The molecule has 15 heteroatoms. The molecule has 1 heterocycles. The number of carbonyl (C=O) groups is 5. The Bertz CT molecular complexity index is 990. The lowest BCUT2D eigenvalue weighted by molar-refractivity contribution is -0.306. The fraction of sp³-hybridized carbons (Fsp3) is 0.560. The van der Waals surface area contributed by atoms with Crippen LogP contribution in [0.25, 0.3) is 0 Å². The average Bonchev–Trinajstić information content (AvgIpc) is 2.88. The molecule has 1 fully saturated rings. The van der Waals surface area contributed by atoms with Crippen LogP contribution in [0.15, 0.2) is 30.3 Å². The summed E-state index contributed by atoms with van der Waals surface area (Å²) in [7, 11) is 0. The number of ether oxygens (including phenoxy) is 8. The molecular formula is C25H34N2O13. The van der Waals surface area contributed by atoms with E-state index in [1.54, 1.807) is 0 Å². The van der Waals surface area contributed by atoms with Gasteiger partial charge in [0, 0.05) is 27.3 Å². The molecule has 0 unspecified atom stereocenters. The van der Waals surface area contributed by atoms with Crippen molar-refractivity contribution < 1.29 is 61.9 Å². The van der Waals surface area contributed by atoms with Crippen LogP contribution in [-0.4, -0.2) is 93.8 Å². The van der Waals surface area contributed by atoms with E-state index in [9.17, 15) is 24.0 Å². The van der Waals surface area contributed by atoms with Crippen molar-refractivity contribution >= 4 is 30.1 Å². The number of hydrogen-bond acceptors (Lipinski definition) is 13. The highest BCUT2D eigenvalue weighted by Gasteiger charge is 2.52. The zero-order valence-corrected chi connectivity index (χ0v) is 22.4. The molecule has 0 radical (unpaired) electrons. The lowest BCUT2D eigenvalue weighted by Gasteiger charge is -2.43. The second kappa shape index (κ2) is 16.9. The number of benzene rings is 1. The predicted molar refractivity (Wildman–Crippen MR) is 132 cm³/mol. The summed E-state index contributed by atoms with van der Waals surface area (Å²) in [5.41, 5.74) is 6.04.